The standard InChI is InChI=1S/C16H22N2O2/c1-11(4-5-14-6-8-15(19)9-7-14)17-10-16-12(2)18-20-13(16)3/h6-9,11,17,19H,4-5,10H2,1-3H3. The van der Waals surface area contributed by atoms with Gasteiger partial charge in [0.2, 0.25) is 0 Å². The number of rotatable bonds is 6. The number of aryl methyl sites for hydroxylation is 3. The van der Waals surface area contributed by atoms with Gasteiger partial charge in [-0.05, 0) is 51.3 Å². The number of hydrogen-bond donors (Lipinski definition) is 2. The van der Waals surface area contributed by atoms with E-state index in [2.05, 4.69) is 17.4 Å². The fraction of sp³-hybridized carbons (Fsp3) is 0.438. The van der Waals surface area contributed by atoms with Crippen LogP contribution in [0.1, 0.15) is 35.9 Å². The molecule has 0 radical (unpaired) electrons. The smallest absolute Gasteiger partial charge is 0.138 e. The lowest BCUT2D eigenvalue weighted by atomic mass is 10.1. The molecule has 1 aromatic carbocycles. The van der Waals surface area contributed by atoms with Crippen LogP contribution >= 0.6 is 0 Å². The van der Waals surface area contributed by atoms with E-state index < -0.39 is 0 Å². The van der Waals surface area contributed by atoms with Gasteiger partial charge < -0.3 is 14.9 Å². The SMILES string of the molecule is Cc1noc(C)c1CNC(C)CCc1ccc(O)cc1. The van der Waals surface area contributed by atoms with Gasteiger partial charge >= 0.3 is 0 Å². The van der Waals surface area contributed by atoms with Gasteiger partial charge in [0.05, 0.1) is 5.69 Å². The third-order valence-electron chi connectivity index (χ3n) is 3.61. The van der Waals surface area contributed by atoms with Crippen LogP contribution in [0.15, 0.2) is 28.8 Å². The summed E-state index contributed by atoms with van der Waals surface area (Å²) in [6, 6.07) is 7.82. The van der Waals surface area contributed by atoms with Gasteiger partial charge in [-0.3, -0.25) is 0 Å². The van der Waals surface area contributed by atoms with Gasteiger partial charge in [-0.25, -0.2) is 0 Å². The molecule has 1 atom stereocenters. The Kier molecular flexibility index (Phi) is 4.79. The van der Waals surface area contributed by atoms with E-state index >= 15 is 0 Å². The average molecular weight is 274 g/mol. The average Bonchev–Trinajstić information content (AvgIpc) is 2.75. The Morgan fingerprint density at radius 3 is 2.55 bits per heavy atom. The Morgan fingerprint density at radius 1 is 1.25 bits per heavy atom. The summed E-state index contributed by atoms with van der Waals surface area (Å²) in [7, 11) is 0. The maximum atomic E-state index is 9.25. The lowest BCUT2D eigenvalue weighted by Crippen LogP contribution is -2.26. The summed E-state index contributed by atoms with van der Waals surface area (Å²) in [6.45, 7) is 6.88. The molecule has 1 aromatic heterocycles. The first-order chi connectivity index (χ1) is 9.56. The molecular formula is C16H22N2O2. The molecule has 0 aliphatic carbocycles. The van der Waals surface area contributed by atoms with Crippen LogP contribution in [0.4, 0.5) is 0 Å². The zero-order valence-corrected chi connectivity index (χ0v) is 12.3. The summed E-state index contributed by atoms with van der Waals surface area (Å²) in [5.41, 5.74) is 3.36. The van der Waals surface area contributed by atoms with Crippen LogP contribution in [0.3, 0.4) is 0 Å². The van der Waals surface area contributed by atoms with E-state index in [1.165, 1.54) is 5.56 Å². The minimum Gasteiger partial charge on any atom is -0.508 e. The molecule has 0 saturated carbocycles. The Balaban J connectivity index is 1.78. The minimum atomic E-state index is 0.318. The summed E-state index contributed by atoms with van der Waals surface area (Å²) in [5, 5.41) is 16.7. The number of nitrogens with one attached hydrogen (secondary N) is 1. The van der Waals surface area contributed by atoms with Gasteiger partial charge in [-0.2, -0.15) is 0 Å². The fourth-order valence-electron chi connectivity index (χ4n) is 2.18. The third kappa shape index (κ3) is 3.84. The van der Waals surface area contributed by atoms with E-state index in [1.54, 1.807) is 12.1 Å². The number of benzene rings is 1. The summed E-state index contributed by atoms with van der Waals surface area (Å²) in [4.78, 5) is 0. The van der Waals surface area contributed by atoms with Crippen molar-refractivity contribution >= 4 is 0 Å². The second-order valence-corrected chi connectivity index (χ2v) is 5.29. The van der Waals surface area contributed by atoms with Crippen molar-refractivity contribution in [1.82, 2.24) is 10.5 Å². The van der Waals surface area contributed by atoms with Crippen molar-refractivity contribution in [2.45, 2.75) is 46.2 Å². The van der Waals surface area contributed by atoms with Crippen LogP contribution in [-0.2, 0) is 13.0 Å². The summed E-state index contributed by atoms with van der Waals surface area (Å²) in [5.74, 6) is 1.21. The molecule has 0 fully saturated rings. The lowest BCUT2D eigenvalue weighted by molar-refractivity contribution is 0.391. The molecule has 0 amide bonds. The van der Waals surface area contributed by atoms with Crippen LogP contribution in [0.25, 0.3) is 0 Å². The number of aromatic hydroxyl groups is 1. The van der Waals surface area contributed by atoms with Gasteiger partial charge in [0.1, 0.15) is 11.5 Å². The van der Waals surface area contributed by atoms with Crippen molar-refractivity contribution in [3.05, 3.63) is 46.8 Å². The van der Waals surface area contributed by atoms with E-state index in [0.29, 0.717) is 11.8 Å². The number of phenolic OH excluding ortho intramolecular Hbond substituents is 1. The molecule has 0 aliphatic heterocycles. The van der Waals surface area contributed by atoms with E-state index in [0.717, 1.165) is 36.4 Å². The predicted octanol–water partition coefficient (Wildman–Crippen LogP) is 3.11. The van der Waals surface area contributed by atoms with Crippen molar-refractivity contribution in [1.29, 1.82) is 0 Å². The Hall–Kier alpha value is -1.81. The Labute approximate surface area is 119 Å². The van der Waals surface area contributed by atoms with Crippen molar-refractivity contribution in [2.24, 2.45) is 0 Å². The van der Waals surface area contributed by atoms with Crippen molar-refractivity contribution in [2.75, 3.05) is 0 Å². The number of phenols is 1. The molecule has 0 spiro atoms. The monoisotopic (exact) mass is 274 g/mol. The second kappa shape index (κ2) is 6.57. The summed E-state index contributed by atoms with van der Waals surface area (Å²) >= 11 is 0. The highest BCUT2D eigenvalue weighted by Crippen LogP contribution is 2.14. The van der Waals surface area contributed by atoms with Gasteiger partial charge in [0, 0.05) is 18.2 Å². The summed E-state index contributed by atoms with van der Waals surface area (Å²) in [6.07, 6.45) is 2.05. The molecule has 108 valence electrons. The molecule has 2 aromatic rings. The number of hydrogen-bond acceptors (Lipinski definition) is 4. The molecule has 0 bridgehead atoms. The highest BCUT2D eigenvalue weighted by Gasteiger charge is 2.10. The van der Waals surface area contributed by atoms with Crippen LogP contribution in [0.2, 0.25) is 0 Å². The van der Waals surface area contributed by atoms with Crippen LogP contribution in [-0.4, -0.2) is 16.3 Å². The van der Waals surface area contributed by atoms with E-state index in [9.17, 15) is 5.11 Å². The topological polar surface area (TPSA) is 58.3 Å². The second-order valence-electron chi connectivity index (χ2n) is 5.29. The molecule has 0 aliphatic rings. The third-order valence-corrected chi connectivity index (χ3v) is 3.61. The number of aromatic nitrogens is 1. The maximum Gasteiger partial charge on any atom is 0.138 e. The summed E-state index contributed by atoms with van der Waals surface area (Å²) < 4.78 is 5.15. The van der Waals surface area contributed by atoms with Gasteiger partial charge in [-0.1, -0.05) is 17.3 Å². The highest BCUT2D eigenvalue weighted by atomic mass is 16.5. The molecule has 4 heteroatoms. The molecule has 20 heavy (non-hydrogen) atoms. The lowest BCUT2D eigenvalue weighted by Gasteiger charge is -2.13. The first kappa shape index (κ1) is 14.6. The zero-order valence-electron chi connectivity index (χ0n) is 12.3. The number of nitrogens with zero attached hydrogens (tertiary/aromatic N) is 1. The van der Waals surface area contributed by atoms with Crippen LogP contribution in [0.5, 0.6) is 5.75 Å². The Bertz CT molecular complexity index is 527. The molecule has 0 saturated heterocycles. The maximum absolute atomic E-state index is 9.25. The molecule has 4 nitrogen and oxygen atoms in total. The quantitative estimate of drug-likeness (QED) is 0.849. The first-order valence-electron chi connectivity index (χ1n) is 6.99. The Morgan fingerprint density at radius 2 is 1.95 bits per heavy atom. The highest BCUT2D eigenvalue weighted by molar-refractivity contribution is 5.26. The molecule has 2 N–H and O–H groups in total. The van der Waals surface area contributed by atoms with E-state index in [-0.39, 0.29) is 0 Å². The molecule has 2 rings (SSSR count). The zero-order chi connectivity index (χ0) is 14.5. The molecule has 1 unspecified atom stereocenters. The predicted molar refractivity (Wildman–Crippen MR) is 78.7 cm³/mol. The molecular weight excluding hydrogens is 252 g/mol. The minimum absolute atomic E-state index is 0.318. The van der Waals surface area contributed by atoms with Crippen LogP contribution < -0.4 is 5.32 Å². The van der Waals surface area contributed by atoms with Crippen molar-refractivity contribution in [3.63, 3.8) is 0 Å². The van der Waals surface area contributed by atoms with Gasteiger partial charge in [0.25, 0.3) is 0 Å². The van der Waals surface area contributed by atoms with Gasteiger partial charge in [-0.15, -0.1) is 0 Å². The van der Waals surface area contributed by atoms with Crippen molar-refractivity contribution in [3.8, 4) is 5.75 Å². The fourth-order valence-corrected chi connectivity index (χ4v) is 2.18. The van der Waals surface area contributed by atoms with Gasteiger partial charge in [0.15, 0.2) is 0 Å². The van der Waals surface area contributed by atoms with Crippen molar-refractivity contribution < 1.29 is 9.63 Å². The normalized spacial score (nSPS) is 12.6. The van der Waals surface area contributed by atoms with Crippen LogP contribution in [0, 0.1) is 13.8 Å². The molecule has 1 heterocycles. The van der Waals surface area contributed by atoms with E-state index in [4.69, 9.17) is 4.52 Å². The first-order valence-corrected chi connectivity index (χ1v) is 6.99. The largest absolute Gasteiger partial charge is 0.508 e. The van der Waals surface area contributed by atoms with E-state index in [1.807, 2.05) is 26.0 Å².